The summed E-state index contributed by atoms with van der Waals surface area (Å²) >= 11 is 0. The quantitative estimate of drug-likeness (QED) is 0.846. The van der Waals surface area contributed by atoms with Gasteiger partial charge >= 0.3 is 0 Å². The summed E-state index contributed by atoms with van der Waals surface area (Å²) in [6.45, 7) is 2.71. The molecule has 2 aromatic carbocycles. The molecule has 2 aliphatic rings. The van der Waals surface area contributed by atoms with Crippen molar-refractivity contribution in [2.45, 2.75) is 24.9 Å². The van der Waals surface area contributed by atoms with E-state index in [0.717, 1.165) is 36.9 Å². The smallest absolute Gasteiger partial charge is 0.254 e. The first kappa shape index (κ1) is 17.1. The molecule has 0 aromatic heterocycles. The van der Waals surface area contributed by atoms with Crippen LogP contribution in [-0.2, 0) is 0 Å². The first-order chi connectivity index (χ1) is 12.6. The number of carbonyl (C=O) groups excluding carboxylic acids is 1. The average molecular weight is 349 g/mol. The minimum absolute atomic E-state index is 0.126. The maximum atomic E-state index is 13.3. The Morgan fingerprint density at radius 1 is 1.00 bits per heavy atom. The molecular weight excluding hydrogens is 322 g/mol. The van der Waals surface area contributed by atoms with Gasteiger partial charge < -0.3 is 9.80 Å². The number of nitrogens with zero attached hydrogens (tertiary/aromatic N) is 3. The second kappa shape index (κ2) is 7.12. The number of benzene rings is 2. The molecule has 0 radical (unpaired) electrons. The Morgan fingerprint density at radius 3 is 2.46 bits per heavy atom. The highest BCUT2D eigenvalue weighted by Crippen LogP contribution is 2.34. The highest BCUT2D eigenvalue weighted by molar-refractivity contribution is 5.95. The zero-order valence-electron chi connectivity index (χ0n) is 15.6. The minimum Gasteiger partial charge on any atom is -0.378 e. The molecule has 0 bridgehead atoms. The molecule has 4 heteroatoms. The van der Waals surface area contributed by atoms with Crippen molar-refractivity contribution in [3.8, 4) is 0 Å². The van der Waals surface area contributed by atoms with E-state index in [1.54, 1.807) is 0 Å². The highest BCUT2D eigenvalue weighted by Gasteiger charge is 2.38. The van der Waals surface area contributed by atoms with Gasteiger partial charge in [-0.25, -0.2) is 0 Å². The first-order valence-electron chi connectivity index (χ1n) is 9.51. The number of amides is 1. The van der Waals surface area contributed by atoms with Crippen LogP contribution >= 0.6 is 0 Å². The summed E-state index contributed by atoms with van der Waals surface area (Å²) in [5.74, 6) is 0.137. The molecule has 136 valence electrons. The molecule has 1 amide bonds. The van der Waals surface area contributed by atoms with Gasteiger partial charge in [0.25, 0.3) is 5.91 Å². The molecule has 4 rings (SSSR count). The predicted octanol–water partition coefficient (Wildman–Crippen LogP) is 3.41. The van der Waals surface area contributed by atoms with Crippen molar-refractivity contribution >= 4 is 11.6 Å². The number of hydrogen-bond acceptors (Lipinski definition) is 3. The second-order valence-electron chi connectivity index (χ2n) is 7.60. The molecule has 2 fully saturated rings. The molecular formula is C22H27N3O. The van der Waals surface area contributed by atoms with Crippen LogP contribution in [0.15, 0.2) is 54.6 Å². The van der Waals surface area contributed by atoms with E-state index in [0.29, 0.717) is 0 Å². The Balaban J connectivity index is 1.62. The monoisotopic (exact) mass is 349 g/mol. The first-order valence-corrected chi connectivity index (χ1v) is 9.51. The van der Waals surface area contributed by atoms with Crippen LogP contribution in [0.5, 0.6) is 0 Å². The van der Waals surface area contributed by atoms with Crippen LogP contribution < -0.4 is 4.90 Å². The molecule has 1 atom stereocenters. The molecule has 4 nitrogen and oxygen atoms in total. The summed E-state index contributed by atoms with van der Waals surface area (Å²) in [7, 11) is 4.01. The van der Waals surface area contributed by atoms with Gasteiger partial charge in [0.2, 0.25) is 0 Å². The van der Waals surface area contributed by atoms with E-state index in [-0.39, 0.29) is 11.9 Å². The second-order valence-corrected chi connectivity index (χ2v) is 7.60. The molecule has 1 unspecified atom stereocenters. The highest BCUT2D eigenvalue weighted by atomic mass is 16.2. The van der Waals surface area contributed by atoms with Gasteiger partial charge in [0.1, 0.15) is 0 Å². The van der Waals surface area contributed by atoms with Crippen molar-refractivity contribution in [1.82, 2.24) is 9.80 Å². The number of piperazine rings is 1. The average Bonchev–Trinajstić information content (AvgIpc) is 3.53. The molecule has 0 N–H and O–H groups in total. The lowest BCUT2D eigenvalue weighted by atomic mass is 10.0. The van der Waals surface area contributed by atoms with Crippen molar-refractivity contribution in [2.24, 2.45) is 0 Å². The third-order valence-corrected chi connectivity index (χ3v) is 5.53. The third kappa shape index (κ3) is 3.47. The fraction of sp³-hybridized carbons (Fsp3) is 0.409. The van der Waals surface area contributed by atoms with Crippen LogP contribution in [0.4, 0.5) is 5.69 Å². The Bertz CT molecular complexity index is 770. The van der Waals surface area contributed by atoms with Crippen LogP contribution in [-0.4, -0.2) is 55.5 Å². The van der Waals surface area contributed by atoms with Crippen LogP contribution in [0.1, 0.15) is 34.8 Å². The van der Waals surface area contributed by atoms with E-state index < -0.39 is 0 Å². The SMILES string of the molecule is CN(C)c1cccc(C(=O)N2CCN(C3CC3)CC2c2ccccc2)c1. The van der Waals surface area contributed by atoms with Gasteiger partial charge in [0.05, 0.1) is 6.04 Å². The lowest BCUT2D eigenvalue weighted by molar-refractivity contribution is 0.0433. The predicted molar refractivity (Wildman–Crippen MR) is 106 cm³/mol. The molecule has 1 saturated carbocycles. The molecule has 1 aliphatic heterocycles. The maximum absolute atomic E-state index is 13.3. The van der Waals surface area contributed by atoms with Gasteiger partial charge in [-0.2, -0.15) is 0 Å². The van der Waals surface area contributed by atoms with E-state index >= 15 is 0 Å². The summed E-state index contributed by atoms with van der Waals surface area (Å²) < 4.78 is 0. The van der Waals surface area contributed by atoms with Crippen LogP contribution in [0.25, 0.3) is 0 Å². The normalized spacial score (nSPS) is 20.8. The summed E-state index contributed by atoms with van der Waals surface area (Å²) in [5, 5.41) is 0. The molecule has 1 aliphatic carbocycles. The van der Waals surface area contributed by atoms with Crippen molar-refractivity contribution in [2.75, 3.05) is 38.6 Å². The largest absolute Gasteiger partial charge is 0.378 e. The topological polar surface area (TPSA) is 26.8 Å². The number of carbonyl (C=O) groups is 1. The summed E-state index contributed by atoms with van der Waals surface area (Å²) in [5.41, 5.74) is 3.07. The lowest BCUT2D eigenvalue weighted by Crippen LogP contribution is -2.51. The van der Waals surface area contributed by atoms with Gasteiger partial charge in [0.15, 0.2) is 0 Å². The fourth-order valence-electron chi connectivity index (χ4n) is 3.86. The van der Waals surface area contributed by atoms with Gasteiger partial charge in [-0.15, -0.1) is 0 Å². The van der Waals surface area contributed by atoms with Gasteiger partial charge in [-0.1, -0.05) is 36.4 Å². The zero-order valence-corrected chi connectivity index (χ0v) is 15.6. The van der Waals surface area contributed by atoms with Gasteiger partial charge in [0, 0.05) is 51.0 Å². The number of anilines is 1. The molecule has 0 spiro atoms. The molecule has 26 heavy (non-hydrogen) atoms. The van der Waals surface area contributed by atoms with Crippen molar-refractivity contribution in [1.29, 1.82) is 0 Å². The minimum atomic E-state index is 0.126. The van der Waals surface area contributed by atoms with Crippen molar-refractivity contribution in [3.63, 3.8) is 0 Å². The zero-order chi connectivity index (χ0) is 18.1. The van der Waals surface area contributed by atoms with Crippen LogP contribution in [0, 0.1) is 0 Å². The van der Waals surface area contributed by atoms with E-state index in [2.05, 4.69) is 34.1 Å². The standard InChI is InChI=1S/C22H27N3O/c1-23(2)20-10-6-9-18(15-20)22(26)25-14-13-24(19-11-12-19)16-21(25)17-7-4-3-5-8-17/h3-10,15,19,21H,11-14,16H2,1-2H3. The summed E-state index contributed by atoms with van der Waals surface area (Å²) in [4.78, 5) is 20.0. The van der Waals surface area contributed by atoms with Crippen molar-refractivity contribution in [3.05, 3.63) is 65.7 Å². The Hall–Kier alpha value is -2.33. The van der Waals surface area contributed by atoms with Gasteiger partial charge in [-0.05, 0) is 36.6 Å². The van der Waals surface area contributed by atoms with E-state index in [1.807, 2.05) is 49.3 Å². The van der Waals surface area contributed by atoms with E-state index in [4.69, 9.17) is 0 Å². The Kier molecular flexibility index (Phi) is 4.68. The Morgan fingerprint density at radius 2 is 1.77 bits per heavy atom. The van der Waals surface area contributed by atoms with E-state index in [1.165, 1.54) is 18.4 Å². The summed E-state index contributed by atoms with van der Waals surface area (Å²) in [6.07, 6.45) is 2.61. The Labute approximate surface area is 156 Å². The van der Waals surface area contributed by atoms with Crippen LogP contribution in [0.2, 0.25) is 0 Å². The van der Waals surface area contributed by atoms with Crippen LogP contribution in [0.3, 0.4) is 0 Å². The third-order valence-electron chi connectivity index (χ3n) is 5.53. The van der Waals surface area contributed by atoms with E-state index in [9.17, 15) is 4.79 Å². The fourth-order valence-corrected chi connectivity index (χ4v) is 3.86. The number of rotatable bonds is 4. The lowest BCUT2D eigenvalue weighted by Gasteiger charge is -2.42. The molecule has 2 aromatic rings. The van der Waals surface area contributed by atoms with Gasteiger partial charge in [-0.3, -0.25) is 9.69 Å². The molecule has 1 heterocycles. The van der Waals surface area contributed by atoms with Crippen molar-refractivity contribution < 1.29 is 4.79 Å². The number of hydrogen-bond donors (Lipinski definition) is 0. The summed E-state index contributed by atoms with van der Waals surface area (Å²) in [6, 6.07) is 19.3. The maximum Gasteiger partial charge on any atom is 0.254 e. The molecule has 1 saturated heterocycles.